The highest BCUT2D eigenvalue weighted by molar-refractivity contribution is 6.31. The minimum atomic E-state index is 0.506. The summed E-state index contributed by atoms with van der Waals surface area (Å²) in [5.41, 5.74) is 2.09. The molecule has 0 atom stereocenters. The second-order valence-corrected chi connectivity index (χ2v) is 6.57. The van der Waals surface area contributed by atoms with Crippen LogP contribution in [0, 0.1) is 0 Å². The van der Waals surface area contributed by atoms with Crippen molar-refractivity contribution in [3.05, 3.63) is 59.9 Å². The van der Waals surface area contributed by atoms with Crippen molar-refractivity contribution in [3.8, 4) is 0 Å². The molecule has 1 saturated heterocycles. The molecule has 0 unspecified atom stereocenters. The van der Waals surface area contributed by atoms with E-state index in [4.69, 9.17) is 11.6 Å². The Labute approximate surface area is 146 Å². The molecule has 1 fully saturated rings. The maximum atomic E-state index is 6.07. The van der Waals surface area contributed by atoms with Gasteiger partial charge in [-0.15, -0.1) is 0 Å². The third-order valence-corrected chi connectivity index (χ3v) is 4.75. The average Bonchev–Trinajstić information content (AvgIpc) is 2.62. The highest BCUT2D eigenvalue weighted by atomic mass is 35.5. The molecule has 0 bridgehead atoms. The summed E-state index contributed by atoms with van der Waals surface area (Å²) >= 11 is 6.07. The number of piperidine rings is 1. The molecule has 3 aromatic rings. The molecular formula is C19H19ClN4. The standard InChI is InChI=1S/C19H19ClN4/c20-14-6-7-17-18(12-14)21-13-22-19(17)24-10-8-16(9-11-24)23-15-4-2-1-3-5-15/h1-7,12-13,16,23H,8-11H2. The zero-order chi connectivity index (χ0) is 16.4. The van der Waals surface area contributed by atoms with Gasteiger partial charge in [-0.25, -0.2) is 9.97 Å². The van der Waals surface area contributed by atoms with E-state index in [1.165, 1.54) is 5.69 Å². The summed E-state index contributed by atoms with van der Waals surface area (Å²) in [5.74, 6) is 1.01. The van der Waals surface area contributed by atoms with E-state index in [0.717, 1.165) is 42.7 Å². The molecule has 5 heteroatoms. The number of fused-ring (bicyclic) bond motifs is 1. The Morgan fingerprint density at radius 2 is 1.79 bits per heavy atom. The Morgan fingerprint density at radius 1 is 1.00 bits per heavy atom. The molecule has 0 spiro atoms. The Kier molecular flexibility index (Phi) is 4.22. The van der Waals surface area contributed by atoms with Gasteiger partial charge in [0.25, 0.3) is 0 Å². The molecule has 0 saturated carbocycles. The summed E-state index contributed by atoms with van der Waals surface area (Å²) in [6, 6.07) is 16.7. The lowest BCUT2D eigenvalue weighted by Gasteiger charge is -2.34. The highest BCUT2D eigenvalue weighted by Crippen LogP contribution is 2.28. The van der Waals surface area contributed by atoms with E-state index < -0.39 is 0 Å². The Hall–Kier alpha value is -2.33. The van der Waals surface area contributed by atoms with E-state index >= 15 is 0 Å². The van der Waals surface area contributed by atoms with Gasteiger partial charge in [-0.1, -0.05) is 29.8 Å². The number of rotatable bonds is 3. The largest absolute Gasteiger partial charge is 0.382 e. The number of hydrogen-bond donors (Lipinski definition) is 1. The molecule has 4 rings (SSSR count). The molecule has 2 heterocycles. The number of para-hydroxylation sites is 1. The summed E-state index contributed by atoms with van der Waals surface area (Å²) in [5, 5.41) is 5.39. The lowest BCUT2D eigenvalue weighted by molar-refractivity contribution is 0.524. The van der Waals surface area contributed by atoms with Gasteiger partial charge in [0, 0.05) is 35.2 Å². The fourth-order valence-corrected chi connectivity index (χ4v) is 3.44. The van der Waals surface area contributed by atoms with E-state index in [-0.39, 0.29) is 0 Å². The van der Waals surface area contributed by atoms with Crippen LogP contribution in [-0.4, -0.2) is 29.1 Å². The van der Waals surface area contributed by atoms with Crippen LogP contribution in [0.4, 0.5) is 11.5 Å². The number of hydrogen-bond acceptors (Lipinski definition) is 4. The van der Waals surface area contributed by atoms with E-state index in [2.05, 4.69) is 44.5 Å². The van der Waals surface area contributed by atoms with E-state index in [9.17, 15) is 0 Å². The monoisotopic (exact) mass is 338 g/mol. The number of anilines is 2. The van der Waals surface area contributed by atoms with Gasteiger partial charge >= 0.3 is 0 Å². The van der Waals surface area contributed by atoms with Crippen molar-refractivity contribution < 1.29 is 0 Å². The third-order valence-electron chi connectivity index (χ3n) is 4.52. The summed E-state index contributed by atoms with van der Waals surface area (Å²) in [6.07, 6.45) is 3.81. The molecule has 0 aliphatic carbocycles. The van der Waals surface area contributed by atoms with Crippen LogP contribution in [0.1, 0.15) is 12.8 Å². The number of aromatic nitrogens is 2. The smallest absolute Gasteiger partial charge is 0.139 e. The van der Waals surface area contributed by atoms with Crippen LogP contribution in [0.5, 0.6) is 0 Å². The van der Waals surface area contributed by atoms with Crippen LogP contribution >= 0.6 is 11.6 Å². The Balaban J connectivity index is 1.48. The third kappa shape index (κ3) is 3.15. The van der Waals surface area contributed by atoms with Crippen molar-refractivity contribution in [2.45, 2.75) is 18.9 Å². The van der Waals surface area contributed by atoms with Crippen LogP contribution < -0.4 is 10.2 Å². The van der Waals surface area contributed by atoms with Gasteiger partial charge in [0.05, 0.1) is 5.52 Å². The number of nitrogens with zero attached hydrogens (tertiary/aromatic N) is 3. The maximum absolute atomic E-state index is 6.07. The molecule has 1 aliphatic heterocycles. The van der Waals surface area contributed by atoms with Crippen molar-refractivity contribution in [3.63, 3.8) is 0 Å². The van der Waals surface area contributed by atoms with Crippen LogP contribution in [0.2, 0.25) is 5.02 Å². The molecule has 1 aromatic heterocycles. The fraction of sp³-hybridized carbons (Fsp3) is 0.263. The number of nitrogens with one attached hydrogen (secondary N) is 1. The van der Waals surface area contributed by atoms with E-state index in [1.54, 1.807) is 6.33 Å². The molecule has 0 radical (unpaired) electrons. The Morgan fingerprint density at radius 3 is 2.58 bits per heavy atom. The van der Waals surface area contributed by atoms with Crippen molar-refractivity contribution in [2.75, 3.05) is 23.3 Å². The molecule has 24 heavy (non-hydrogen) atoms. The minimum Gasteiger partial charge on any atom is -0.382 e. The number of benzene rings is 2. The highest BCUT2D eigenvalue weighted by Gasteiger charge is 2.21. The summed E-state index contributed by atoms with van der Waals surface area (Å²) in [7, 11) is 0. The van der Waals surface area contributed by atoms with Crippen molar-refractivity contribution in [1.29, 1.82) is 0 Å². The lowest BCUT2D eigenvalue weighted by Crippen LogP contribution is -2.39. The first-order valence-corrected chi connectivity index (χ1v) is 8.64. The summed E-state index contributed by atoms with van der Waals surface area (Å²) in [4.78, 5) is 11.2. The zero-order valence-electron chi connectivity index (χ0n) is 13.3. The van der Waals surface area contributed by atoms with Crippen LogP contribution in [0.15, 0.2) is 54.9 Å². The van der Waals surface area contributed by atoms with Crippen molar-refractivity contribution in [1.82, 2.24) is 9.97 Å². The SMILES string of the molecule is Clc1ccc2c(N3CCC(Nc4ccccc4)CC3)ncnc2c1. The van der Waals surface area contributed by atoms with Gasteiger partial charge in [0.2, 0.25) is 0 Å². The van der Waals surface area contributed by atoms with E-state index in [0.29, 0.717) is 11.1 Å². The summed E-state index contributed by atoms with van der Waals surface area (Å²) < 4.78 is 0. The number of halogens is 1. The molecule has 122 valence electrons. The predicted molar refractivity (Wildman–Crippen MR) is 99.8 cm³/mol. The van der Waals surface area contributed by atoms with Crippen LogP contribution in [-0.2, 0) is 0 Å². The Bertz CT molecular complexity index is 829. The maximum Gasteiger partial charge on any atom is 0.139 e. The first-order valence-electron chi connectivity index (χ1n) is 8.26. The van der Waals surface area contributed by atoms with E-state index in [1.807, 2.05) is 24.3 Å². The first-order chi connectivity index (χ1) is 11.8. The minimum absolute atomic E-state index is 0.506. The molecule has 1 aliphatic rings. The second-order valence-electron chi connectivity index (χ2n) is 6.13. The topological polar surface area (TPSA) is 41.0 Å². The average molecular weight is 339 g/mol. The lowest BCUT2D eigenvalue weighted by atomic mass is 10.0. The zero-order valence-corrected chi connectivity index (χ0v) is 14.1. The molecule has 0 amide bonds. The summed E-state index contributed by atoms with van der Waals surface area (Å²) in [6.45, 7) is 1.97. The first kappa shape index (κ1) is 15.2. The second kappa shape index (κ2) is 6.65. The fourth-order valence-electron chi connectivity index (χ4n) is 3.27. The van der Waals surface area contributed by atoms with Gasteiger partial charge in [0.15, 0.2) is 0 Å². The normalized spacial score (nSPS) is 15.6. The molecular weight excluding hydrogens is 320 g/mol. The van der Waals surface area contributed by atoms with Gasteiger partial charge in [0.1, 0.15) is 12.1 Å². The molecule has 4 nitrogen and oxygen atoms in total. The molecule has 2 aromatic carbocycles. The quantitative estimate of drug-likeness (QED) is 0.770. The predicted octanol–water partition coefficient (Wildman–Crippen LogP) is 4.36. The van der Waals surface area contributed by atoms with Crippen molar-refractivity contribution >= 4 is 34.0 Å². The van der Waals surface area contributed by atoms with Crippen LogP contribution in [0.3, 0.4) is 0 Å². The van der Waals surface area contributed by atoms with Gasteiger partial charge in [-0.3, -0.25) is 0 Å². The van der Waals surface area contributed by atoms with Gasteiger partial charge in [-0.05, 0) is 43.2 Å². The van der Waals surface area contributed by atoms with Gasteiger partial charge < -0.3 is 10.2 Å². The van der Waals surface area contributed by atoms with Crippen molar-refractivity contribution in [2.24, 2.45) is 0 Å². The molecule has 1 N–H and O–H groups in total. The van der Waals surface area contributed by atoms with Crippen LogP contribution in [0.25, 0.3) is 10.9 Å². The van der Waals surface area contributed by atoms with Gasteiger partial charge in [-0.2, -0.15) is 0 Å².